The van der Waals surface area contributed by atoms with Crippen molar-refractivity contribution in [2.75, 3.05) is 6.61 Å². The molecule has 3 rings (SSSR count). The van der Waals surface area contributed by atoms with Gasteiger partial charge in [-0.05, 0) is 0 Å². The summed E-state index contributed by atoms with van der Waals surface area (Å²) in [7, 11) is -4.74. The topological polar surface area (TPSA) is 180 Å². The Morgan fingerprint density at radius 2 is 1.88 bits per heavy atom. The summed E-state index contributed by atoms with van der Waals surface area (Å²) in [6, 6.07) is 0. The van der Waals surface area contributed by atoms with E-state index in [9.17, 15) is 19.9 Å². The van der Waals surface area contributed by atoms with Crippen LogP contribution in [-0.4, -0.2) is 172 Å². The molecule has 12 nitrogen and oxygen atoms in total. The summed E-state index contributed by atoms with van der Waals surface area (Å²) in [5.41, 5.74) is 0.234. The van der Waals surface area contributed by atoms with E-state index in [2.05, 4.69) is 19.5 Å². The minimum Gasteiger partial charge on any atom is -0.492 e. The van der Waals surface area contributed by atoms with Gasteiger partial charge in [-0.15, -0.1) is 0 Å². The summed E-state index contributed by atoms with van der Waals surface area (Å²) in [6.07, 6.45) is -2.85. The van der Waals surface area contributed by atoms with Crippen LogP contribution in [0, 0.1) is 0 Å². The molecule has 3 heterocycles. The first-order chi connectivity index (χ1) is 10.8. The monoisotopic (exact) mass is 426 g/mol. The number of aliphatic hydroxyl groups is 2. The maximum Gasteiger partial charge on any atom is 0.469 e. The van der Waals surface area contributed by atoms with Crippen LogP contribution >= 0.6 is 7.82 Å². The van der Waals surface area contributed by atoms with E-state index in [1.807, 2.05) is 0 Å². The molecule has 0 spiro atoms. The van der Waals surface area contributed by atoms with Gasteiger partial charge in [-0.1, -0.05) is 0 Å². The molecule has 128 valence electrons. The Hall–Kier alpha value is 1.61. The van der Waals surface area contributed by atoms with Crippen molar-refractivity contribution >= 4 is 122 Å². The standard InChI is InChI=1S/C10H13N4O8P.2K/c15-6-4(1-21-23(18,19)20)22-10(7(6)16)14-3-13-5-8(14)11-2-12-9(5)17;;/h2-4,6-7,10,15-16H,1H2,(H,11,12,17)(H2,18,19,20);;/t4-,6-,7-,10-;;/m1../s1. The van der Waals surface area contributed by atoms with E-state index in [0.29, 0.717) is 0 Å². The number of nitrogens with zero attached hydrogens (tertiary/aromatic N) is 4. The average Bonchev–Trinajstić information content (AvgIpc) is 3.01. The van der Waals surface area contributed by atoms with E-state index < -0.39 is 39.0 Å². The summed E-state index contributed by atoms with van der Waals surface area (Å²) < 4.78 is 21.6. The first-order valence-electron chi connectivity index (χ1n) is 6.36. The van der Waals surface area contributed by atoms with Crippen molar-refractivity contribution < 1.29 is 38.9 Å². The Morgan fingerprint density at radius 1 is 1.20 bits per heavy atom. The molecule has 15 heteroatoms. The summed E-state index contributed by atoms with van der Waals surface area (Å²) >= 11 is 0. The number of hydrogen-bond donors (Lipinski definition) is 5. The minimum absolute atomic E-state index is 0. The fourth-order valence-corrected chi connectivity index (χ4v) is 2.63. The van der Waals surface area contributed by atoms with Crippen LogP contribution < -0.4 is 0 Å². The molecule has 0 amide bonds. The van der Waals surface area contributed by atoms with Gasteiger partial charge in [0, 0.05) is 103 Å². The largest absolute Gasteiger partial charge is 0.492 e. The summed E-state index contributed by atoms with van der Waals surface area (Å²) in [5, 5.41) is 29.6. The van der Waals surface area contributed by atoms with Crippen LogP contribution in [0.2, 0.25) is 0 Å². The predicted molar refractivity (Wildman–Crippen MR) is 82.4 cm³/mol. The van der Waals surface area contributed by atoms with Gasteiger partial charge < -0.3 is 29.8 Å². The number of aromatic hydroxyl groups is 1. The molecule has 25 heavy (non-hydrogen) atoms. The molecule has 1 saturated heterocycles. The van der Waals surface area contributed by atoms with Crippen LogP contribution in [0.3, 0.4) is 0 Å². The van der Waals surface area contributed by atoms with E-state index in [1.165, 1.54) is 10.9 Å². The summed E-state index contributed by atoms with van der Waals surface area (Å²) in [5.74, 6) is -0.358. The Morgan fingerprint density at radius 3 is 2.52 bits per heavy atom. The van der Waals surface area contributed by atoms with E-state index in [-0.39, 0.29) is 120 Å². The molecule has 2 radical (unpaired) electrons. The van der Waals surface area contributed by atoms with Crippen LogP contribution in [0.4, 0.5) is 0 Å². The van der Waals surface area contributed by atoms with Gasteiger partial charge in [0.1, 0.15) is 24.6 Å². The summed E-state index contributed by atoms with van der Waals surface area (Å²) in [4.78, 5) is 28.7. The molecule has 0 aliphatic carbocycles. The fraction of sp³-hybridized carbons (Fsp3) is 0.500. The Balaban J connectivity index is 0.00000156. The van der Waals surface area contributed by atoms with Crippen LogP contribution in [-0.2, 0) is 13.8 Å². The number of imidazole rings is 1. The van der Waals surface area contributed by atoms with E-state index in [1.54, 1.807) is 0 Å². The van der Waals surface area contributed by atoms with Crippen LogP contribution in [0.15, 0.2) is 12.7 Å². The molecule has 5 N–H and O–H groups in total. The van der Waals surface area contributed by atoms with Crippen molar-refractivity contribution in [2.45, 2.75) is 24.5 Å². The van der Waals surface area contributed by atoms with Crippen LogP contribution in [0.1, 0.15) is 6.23 Å². The molecule has 2 aromatic heterocycles. The third kappa shape index (κ3) is 5.57. The van der Waals surface area contributed by atoms with Gasteiger partial charge in [0.15, 0.2) is 17.4 Å². The van der Waals surface area contributed by atoms with Crippen molar-refractivity contribution in [1.29, 1.82) is 0 Å². The molecule has 0 unspecified atom stereocenters. The first-order valence-corrected chi connectivity index (χ1v) is 7.89. The van der Waals surface area contributed by atoms with Crippen molar-refractivity contribution in [3.05, 3.63) is 12.7 Å². The average molecular weight is 426 g/mol. The number of phosphoric acid groups is 1. The van der Waals surface area contributed by atoms with Gasteiger partial charge >= 0.3 is 7.82 Å². The number of fused-ring (bicyclic) bond motifs is 1. The third-order valence-corrected chi connectivity index (χ3v) is 3.84. The van der Waals surface area contributed by atoms with Crippen molar-refractivity contribution in [1.82, 2.24) is 19.5 Å². The molecule has 2 aromatic rings. The van der Waals surface area contributed by atoms with E-state index >= 15 is 0 Å². The zero-order chi connectivity index (χ0) is 16.8. The van der Waals surface area contributed by atoms with Crippen LogP contribution in [0.5, 0.6) is 5.88 Å². The van der Waals surface area contributed by atoms with E-state index in [4.69, 9.17) is 14.5 Å². The minimum atomic E-state index is -4.74. The number of phosphoric ester groups is 1. The molecule has 1 aliphatic heterocycles. The van der Waals surface area contributed by atoms with Crippen molar-refractivity contribution in [3.63, 3.8) is 0 Å². The quantitative estimate of drug-likeness (QED) is 0.257. The second-order valence-corrected chi connectivity index (χ2v) is 6.09. The number of rotatable bonds is 4. The van der Waals surface area contributed by atoms with Gasteiger partial charge in [0.05, 0.1) is 12.9 Å². The number of aliphatic hydroxyl groups excluding tert-OH is 2. The first kappa shape index (κ1) is 24.7. The van der Waals surface area contributed by atoms with Gasteiger partial charge in [0.25, 0.3) is 0 Å². The molecule has 4 atom stereocenters. The number of aromatic nitrogens is 4. The Bertz CT molecular complexity index is 772. The van der Waals surface area contributed by atoms with Gasteiger partial charge in [-0.2, -0.15) is 4.98 Å². The van der Waals surface area contributed by atoms with Gasteiger partial charge in [-0.3, -0.25) is 9.09 Å². The third-order valence-electron chi connectivity index (χ3n) is 3.36. The van der Waals surface area contributed by atoms with Crippen LogP contribution in [0.25, 0.3) is 11.2 Å². The molecule has 1 aliphatic rings. The fourth-order valence-electron chi connectivity index (χ4n) is 2.29. The SMILES string of the molecule is O=P(O)(O)OC[C@H]1O[C@@H](n2cnc3c(O)ncnc32)[C@H](O)[C@@H]1O.[K].[K]. The zero-order valence-electron chi connectivity index (χ0n) is 13.4. The number of hydrogen-bond acceptors (Lipinski definition) is 9. The molecule has 1 fully saturated rings. The molecule has 0 aromatic carbocycles. The zero-order valence-corrected chi connectivity index (χ0v) is 20.5. The van der Waals surface area contributed by atoms with Crippen molar-refractivity contribution in [2.24, 2.45) is 0 Å². The smallest absolute Gasteiger partial charge is 0.469 e. The van der Waals surface area contributed by atoms with E-state index in [0.717, 1.165) is 6.33 Å². The number of ether oxygens (including phenoxy) is 1. The van der Waals surface area contributed by atoms with Gasteiger partial charge in [0.2, 0.25) is 5.88 Å². The normalized spacial score (nSPS) is 26.2. The van der Waals surface area contributed by atoms with Crippen molar-refractivity contribution in [3.8, 4) is 5.88 Å². The van der Waals surface area contributed by atoms with Gasteiger partial charge in [-0.25, -0.2) is 14.5 Å². The second-order valence-electron chi connectivity index (χ2n) is 4.85. The Kier molecular flexibility index (Phi) is 9.75. The maximum atomic E-state index is 10.7. The molecule has 0 bridgehead atoms. The summed E-state index contributed by atoms with van der Waals surface area (Å²) in [6.45, 7) is -0.619. The molecule has 0 saturated carbocycles. The Labute approximate surface area is 226 Å². The molecular formula is C10H13K2N4O8P. The predicted octanol–water partition coefficient (Wildman–Crippen LogP) is -2.50. The molecular weight excluding hydrogens is 413 g/mol. The maximum absolute atomic E-state index is 10.7. The second kappa shape index (κ2) is 9.89.